The molecule has 0 aromatic carbocycles. The van der Waals surface area contributed by atoms with E-state index in [0.29, 0.717) is 6.32 Å². The highest BCUT2D eigenvalue weighted by molar-refractivity contribution is 6.44. The molecule has 1 aromatic heterocycles. The molecule has 0 aliphatic carbocycles. The van der Waals surface area contributed by atoms with Crippen molar-refractivity contribution in [2.24, 2.45) is 0 Å². The fourth-order valence-corrected chi connectivity index (χ4v) is 2.09. The van der Waals surface area contributed by atoms with Gasteiger partial charge in [-0.3, -0.25) is 0 Å². The Bertz CT molecular complexity index is 462. The molecule has 110 valence electrons. The van der Waals surface area contributed by atoms with Crippen LogP contribution in [0, 0.1) is 0 Å². The average molecular weight is 276 g/mol. The quantitative estimate of drug-likeness (QED) is 0.779. The number of hydrogen-bond donors (Lipinski definition) is 0. The molecule has 0 spiro atoms. The van der Waals surface area contributed by atoms with E-state index in [-0.39, 0.29) is 23.7 Å². The fourth-order valence-electron chi connectivity index (χ4n) is 2.09. The van der Waals surface area contributed by atoms with Crippen LogP contribution < -0.4 is 0 Å². The molecule has 1 aromatic rings. The highest BCUT2D eigenvalue weighted by atomic mass is 16.7. The molecule has 0 saturated carbocycles. The summed E-state index contributed by atoms with van der Waals surface area (Å²) in [6.45, 7) is 14.6. The van der Waals surface area contributed by atoms with E-state index in [2.05, 4.69) is 58.4 Å². The van der Waals surface area contributed by atoms with Crippen LogP contribution >= 0.6 is 0 Å². The van der Waals surface area contributed by atoms with Crippen LogP contribution in [0.1, 0.15) is 59.9 Å². The second-order valence-electron chi connectivity index (χ2n) is 7.55. The van der Waals surface area contributed by atoms with Crippen molar-refractivity contribution in [3.63, 3.8) is 0 Å². The SMILES string of the molecule is CC(C)(C)c1ncc(CB2OC(C)(C)C(C)(C)O2)cn1. The van der Waals surface area contributed by atoms with Crippen LogP contribution in [0.15, 0.2) is 12.4 Å². The topological polar surface area (TPSA) is 44.2 Å². The van der Waals surface area contributed by atoms with Crippen molar-refractivity contribution in [3.8, 4) is 0 Å². The summed E-state index contributed by atoms with van der Waals surface area (Å²) < 4.78 is 12.0. The lowest BCUT2D eigenvalue weighted by Gasteiger charge is -2.32. The molecule has 5 heteroatoms. The van der Waals surface area contributed by atoms with Crippen molar-refractivity contribution in [1.82, 2.24) is 9.97 Å². The van der Waals surface area contributed by atoms with Gasteiger partial charge in [-0.25, -0.2) is 9.97 Å². The number of aromatic nitrogens is 2. The van der Waals surface area contributed by atoms with Gasteiger partial charge < -0.3 is 9.31 Å². The summed E-state index contributed by atoms with van der Waals surface area (Å²) >= 11 is 0. The standard InChI is InChI=1S/C15H25BN2O2/c1-13(2,3)12-17-9-11(10-18-12)8-16-19-14(4,5)15(6,7)20-16/h9-10H,8H2,1-7H3. The molecule has 0 unspecified atom stereocenters. The minimum atomic E-state index is -0.288. The summed E-state index contributed by atoms with van der Waals surface area (Å²) in [7, 11) is -0.232. The van der Waals surface area contributed by atoms with Crippen LogP contribution in [0.5, 0.6) is 0 Å². The Labute approximate surface area is 122 Å². The van der Waals surface area contributed by atoms with Crippen LogP contribution in [-0.2, 0) is 21.0 Å². The number of rotatable bonds is 2. The summed E-state index contributed by atoms with van der Waals surface area (Å²) in [6, 6.07) is 0. The Morgan fingerprint density at radius 2 is 1.45 bits per heavy atom. The zero-order chi connectivity index (χ0) is 15.2. The highest BCUT2D eigenvalue weighted by Crippen LogP contribution is 2.37. The van der Waals surface area contributed by atoms with Crippen molar-refractivity contribution in [2.45, 2.75) is 71.4 Å². The Morgan fingerprint density at radius 3 is 1.85 bits per heavy atom. The lowest BCUT2D eigenvalue weighted by Crippen LogP contribution is -2.41. The Hall–Kier alpha value is -0.935. The van der Waals surface area contributed by atoms with Gasteiger partial charge in [0.1, 0.15) is 5.82 Å². The first-order valence-electron chi connectivity index (χ1n) is 7.18. The number of hydrogen-bond acceptors (Lipinski definition) is 4. The summed E-state index contributed by atoms with van der Waals surface area (Å²) in [5, 5.41) is 0. The van der Waals surface area contributed by atoms with Gasteiger partial charge in [-0.2, -0.15) is 0 Å². The van der Waals surface area contributed by atoms with Crippen LogP contribution in [0.3, 0.4) is 0 Å². The summed E-state index contributed by atoms with van der Waals surface area (Å²) in [5.74, 6) is 0.857. The lowest BCUT2D eigenvalue weighted by atomic mass is 9.81. The third-order valence-corrected chi connectivity index (χ3v) is 4.08. The van der Waals surface area contributed by atoms with Crippen LogP contribution in [0.2, 0.25) is 0 Å². The maximum absolute atomic E-state index is 5.99. The smallest absolute Gasteiger partial charge is 0.403 e. The molecule has 0 atom stereocenters. The molecular weight excluding hydrogens is 251 g/mol. The Kier molecular flexibility index (Phi) is 3.72. The van der Waals surface area contributed by atoms with Crippen LogP contribution in [0.4, 0.5) is 0 Å². The molecule has 1 fully saturated rings. The van der Waals surface area contributed by atoms with Crippen molar-refractivity contribution >= 4 is 7.12 Å². The van der Waals surface area contributed by atoms with Crippen LogP contribution in [0.25, 0.3) is 0 Å². The number of nitrogens with zero attached hydrogens (tertiary/aromatic N) is 2. The minimum Gasteiger partial charge on any atom is -0.403 e. The molecule has 2 rings (SSSR count). The Morgan fingerprint density at radius 1 is 1.00 bits per heavy atom. The molecule has 1 aliphatic heterocycles. The monoisotopic (exact) mass is 276 g/mol. The second-order valence-corrected chi connectivity index (χ2v) is 7.55. The summed E-state index contributed by atoms with van der Waals surface area (Å²) in [6.07, 6.45) is 4.43. The van der Waals surface area contributed by atoms with Crippen molar-refractivity contribution < 1.29 is 9.31 Å². The van der Waals surface area contributed by atoms with Gasteiger partial charge in [0.25, 0.3) is 0 Å². The zero-order valence-corrected chi connectivity index (χ0v) is 13.7. The molecule has 1 saturated heterocycles. The Balaban J connectivity index is 2.06. The van der Waals surface area contributed by atoms with Gasteiger partial charge in [0.05, 0.1) is 11.2 Å². The van der Waals surface area contributed by atoms with Crippen molar-refractivity contribution in [1.29, 1.82) is 0 Å². The van der Waals surface area contributed by atoms with Gasteiger partial charge in [-0.15, -0.1) is 0 Å². The van der Waals surface area contributed by atoms with Gasteiger partial charge in [-0.05, 0) is 33.3 Å². The molecule has 20 heavy (non-hydrogen) atoms. The van der Waals surface area contributed by atoms with E-state index in [1.807, 2.05) is 12.4 Å². The zero-order valence-electron chi connectivity index (χ0n) is 13.7. The van der Waals surface area contributed by atoms with Crippen molar-refractivity contribution in [3.05, 3.63) is 23.8 Å². The first kappa shape index (κ1) is 15.5. The largest absolute Gasteiger partial charge is 0.462 e. The van der Waals surface area contributed by atoms with Gasteiger partial charge in [0.2, 0.25) is 0 Å². The molecule has 2 heterocycles. The summed E-state index contributed by atoms with van der Waals surface area (Å²) in [4.78, 5) is 8.88. The van der Waals surface area contributed by atoms with E-state index < -0.39 is 0 Å². The molecular formula is C15H25BN2O2. The third kappa shape index (κ3) is 3.04. The van der Waals surface area contributed by atoms with Gasteiger partial charge >= 0.3 is 7.12 Å². The predicted molar refractivity (Wildman–Crippen MR) is 80.5 cm³/mol. The third-order valence-electron chi connectivity index (χ3n) is 4.08. The van der Waals surface area contributed by atoms with Gasteiger partial charge in [0.15, 0.2) is 0 Å². The van der Waals surface area contributed by atoms with Crippen LogP contribution in [-0.4, -0.2) is 28.3 Å². The molecule has 0 N–H and O–H groups in total. The highest BCUT2D eigenvalue weighted by Gasteiger charge is 2.50. The van der Waals surface area contributed by atoms with E-state index in [9.17, 15) is 0 Å². The van der Waals surface area contributed by atoms with Gasteiger partial charge in [-0.1, -0.05) is 20.8 Å². The first-order chi connectivity index (χ1) is 9.01. The predicted octanol–water partition coefficient (Wildman–Crippen LogP) is 2.95. The molecule has 0 radical (unpaired) electrons. The normalized spacial score (nSPS) is 21.2. The van der Waals surface area contributed by atoms with Crippen molar-refractivity contribution in [2.75, 3.05) is 0 Å². The van der Waals surface area contributed by atoms with E-state index in [1.54, 1.807) is 0 Å². The molecule has 0 amide bonds. The molecule has 4 nitrogen and oxygen atoms in total. The first-order valence-corrected chi connectivity index (χ1v) is 7.18. The minimum absolute atomic E-state index is 0.0249. The van der Waals surface area contributed by atoms with E-state index in [1.165, 1.54) is 0 Å². The fraction of sp³-hybridized carbons (Fsp3) is 0.733. The molecule has 0 bridgehead atoms. The van der Waals surface area contributed by atoms with Gasteiger partial charge in [0, 0.05) is 24.1 Å². The van der Waals surface area contributed by atoms with E-state index >= 15 is 0 Å². The lowest BCUT2D eigenvalue weighted by molar-refractivity contribution is 0.00578. The second kappa shape index (κ2) is 4.81. The molecule has 1 aliphatic rings. The summed E-state index contributed by atoms with van der Waals surface area (Å²) in [5.41, 5.74) is 0.438. The maximum Gasteiger partial charge on any atom is 0.462 e. The maximum atomic E-state index is 5.99. The average Bonchev–Trinajstić information content (AvgIpc) is 2.46. The van der Waals surface area contributed by atoms with E-state index in [4.69, 9.17) is 9.31 Å². The van der Waals surface area contributed by atoms with E-state index in [0.717, 1.165) is 11.4 Å².